The zero-order valence-electron chi connectivity index (χ0n) is 10.0. The van der Waals surface area contributed by atoms with E-state index in [1.165, 1.54) is 12.1 Å². The summed E-state index contributed by atoms with van der Waals surface area (Å²) in [6, 6.07) is 4.71. The predicted octanol–water partition coefficient (Wildman–Crippen LogP) is 1.43. The Balaban J connectivity index is 0.00000256. The van der Waals surface area contributed by atoms with Gasteiger partial charge in [-0.25, -0.2) is 4.39 Å². The number of carbonyl (C=O) groups excluding carboxylic acids is 1. The molecule has 0 aliphatic rings. The molecule has 0 aliphatic carbocycles. The van der Waals surface area contributed by atoms with E-state index in [4.69, 9.17) is 0 Å². The Hall–Kier alpha value is -1.13. The molecule has 3 nitrogen and oxygen atoms in total. The van der Waals surface area contributed by atoms with Crippen LogP contribution in [-0.4, -0.2) is 26.0 Å². The Labute approximate surface area is 107 Å². The topological polar surface area (TPSA) is 41.1 Å². The summed E-state index contributed by atoms with van der Waals surface area (Å²) in [5, 5.41) is 5.55. The highest BCUT2D eigenvalue weighted by atomic mass is 35.5. The van der Waals surface area contributed by atoms with Crippen LogP contribution in [0.1, 0.15) is 11.1 Å². The predicted molar refractivity (Wildman–Crippen MR) is 69.0 cm³/mol. The maximum atomic E-state index is 12.8. The molecular weight excluding hydrogens is 243 g/mol. The summed E-state index contributed by atoms with van der Waals surface area (Å²) in [7, 11) is 1.73. The fourth-order valence-electron chi connectivity index (χ4n) is 1.50. The third-order valence-corrected chi connectivity index (χ3v) is 2.36. The standard InChI is InChI=1S/C12H17FN2O.ClH/c1-9-7-11(13)4-3-10(9)5-6-15-12(16)8-14-2;/h3-4,7,14H,5-6,8H2,1-2H3,(H,15,16);1H. The fourth-order valence-corrected chi connectivity index (χ4v) is 1.50. The van der Waals surface area contributed by atoms with Crippen LogP contribution in [0.3, 0.4) is 0 Å². The first-order chi connectivity index (χ1) is 7.63. The van der Waals surface area contributed by atoms with Crippen molar-refractivity contribution in [2.45, 2.75) is 13.3 Å². The van der Waals surface area contributed by atoms with Crippen molar-refractivity contribution in [1.82, 2.24) is 10.6 Å². The third-order valence-electron chi connectivity index (χ3n) is 2.36. The molecule has 0 unspecified atom stereocenters. The van der Waals surface area contributed by atoms with Crippen LogP contribution in [0, 0.1) is 12.7 Å². The van der Waals surface area contributed by atoms with Crippen molar-refractivity contribution in [2.75, 3.05) is 20.1 Å². The molecule has 5 heteroatoms. The Kier molecular flexibility index (Phi) is 7.50. The van der Waals surface area contributed by atoms with Gasteiger partial charge in [-0.3, -0.25) is 4.79 Å². The lowest BCUT2D eigenvalue weighted by Gasteiger charge is -2.07. The first kappa shape index (κ1) is 15.9. The van der Waals surface area contributed by atoms with E-state index < -0.39 is 0 Å². The maximum Gasteiger partial charge on any atom is 0.233 e. The number of benzene rings is 1. The van der Waals surface area contributed by atoms with Gasteiger partial charge in [0.2, 0.25) is 5.91 Å². The van der Waals surface area contributed by atoms with Gasteiger partial charge in [0.05, 0.1) is 6.54 Å². The van der Waals surface area contributed by atoms with E-state index in [0.717, 1.165) is 17.5 Å². The third kappa shape index (κ3) is 5.65. The van der Waals surface area contributed by atoms with Gasteiger partial charge in [-0.1, -0.05) is 6.07 Å². The molecule has 0 saturated heterocycles. The Morgan fingerprint density at radius 3 is 2.71 bits per heavy atom. The van der Waals surface area contributed by atoms with E-state index in [1.807, 2.05) is 6.92 Å². The summed E-state index contributed by atoms with van der Waals surface area (Å²) < 4.78 is 12.8. The molecule has 1 aromatic rings. The van der Waals surface area contributed by atoms with Crippen LogP contribution in [0.25, 0.3) is 0 Å². The van der Waals surface area contributed by atoms with Gasteiger partial charge < -0.3 is 10.6 Å². The van der Waals surface area contributed by atoms with Gasteiger partial charge in [0.15, 0.2) is 0 Å². The second-order valence-corrected chi connectivity index (χ2v) is 3.70. The van der Waals surface area contributed by atoms with Crippen molar-refractivity contribution >= 4 is 18.3 Å². The Bertz CT molecular complexity index is 372. The Morgan fingerprint density at radius 1 is 1.41 bits per heavy atom. The van der Waals surface area contributed by atoms with E-state index in [9.17, 15) is 9.18 Å². The van der Waals surface area contributed by atoms with Crippen molar-refractivity contribution in [1.29, 1.82) is 0 Å². The second kappa shape index (κ2) is 8.03. The van der Waals surface area contributed by atoms with E-state index in [2.05, 4.69) is 10.6 Å². The average molecular weight is 261 g/mol. The molecule has 0 radical (unpaired) electrons. The van der Waals surface area contributed by atoms with Crippen LogP contribution in [0.4, 0.5) is 4.39 Å². The number of halogens is 2. The summed E-state index contributed by atoms with van der Waals surface area (Å²) in [5.41, 5.74) is 1.98. The lowest BCUT2D eigenvalue weighted by molar-refractivity contribution is -0.120. The summed E-state index contributed by atoms with van der Waals surface area (Å²) in [5.74, 6) is -0.247. The lowest BCUT2D eigenvalue weighted by atomic mass is 10.1. The summed E-state index contributed by atoms with van der Waals surface area (Å²) in [6.07, 6.45) is 0.724. The van der Waals surface area contributed by atoms with E-state index in [0.29, 0.717) is 13.1 Å². The van der Waals surface area contributed by atoms with Crippen molar-refractivity contribution in [3.63, 3.8) is 0 Å². The van der Waals surface area contributed by atoms with Crippen molar-refractivity contribution < 1.29 is 9.18 Å². The molecule has 0 saturated carbocycles. The van der Waals surface area contributed by atoms with E-state index in [-0.39, 0.29) is 24.1 Å². The summed E-state index contributed by atoms with van der Waals surface area (Å²) in [6.45, 7) is 2.77. The largest absolute Gasteiger partial charge is 0.355 e. The molecule has 96 valence electrons. The first-order valence-electron chi connectivity index (χ1n) is 5.30. The van der Waals surface area contributed by atoms with Crippen molar-refractivity contribution in [3.8, 4) is 0 Å². The smallest absolute Gasteiger partial charge is 0.233 e. The van der Waals surface area contributed by atoms with Crippen LogP contribution in [0.5, 0.6) is 0 Å². The van der Waals surface area contributed by atoms with Crippen LogP contribution in [-0.2, 0) is 11.2 Å². The highest BCUT2D eigenvalue weighted by Crippen LogP contribution is 2.10. The molecule has 0 aromatic heterocycles. The zero-order valence-corrected chi connectivity index (χ0v) is 10.9. The number of hydrogen-bond acceptors (Lipinski definition) is 2. The van der Waals surface area contributed by atoms with Gasteiger partial charge in [0, 0.05) is 6.54 Å². The molecule has 0 heterocycles. The van der Waals surface area contributed by atoms with Gasteiger partial charge in [-0.05, 0) is 43.7 Å². The minimum absolute atomic E-state index is 0. The van der Waals surface area contributed by atoms with Gasteiger partial charge in [0.1, 0.15) is 5.82 Å². The van der Waals surface area contributed by atoms with E-state index >= 15 is 0 Å². The lowest BCUT2D eigenvalue weighted by Crippen LogP contribution is -2.33. The number of amides is 1. The quantitative estimate of drug-likeness (QED) is 0.841. The molecule has 1 rings (SSSR count). The first-order valence-corrected chi connectivity index (χ1v) is 5.30. The number of hydrogen-bond donors (Lipinski definition) is 2. The van der Waals surface area contributed by atoms with Gasteiger partial charge in [-0.15, -0.1) is 12.4 Å². The minimum atomic E-state index is -0.222. The molecule has 0 bridgehead atoms. The normalized spacial score (nSPS) is 9.59. The molecule has 0 spiro atoms. The SMILES string of the molecule is CNCC(=O)NCCc1ccc(F)cc1C.Cl. The van der Waals surface area contributed by atoms with Gasteiger partial charge in [0.25, 0.3) is 0 Å². The molecule has 0 fully saturated rings. The molecule has 1 aromatic carbocycles. The number of aryl methyl sites for hydroxylation is 1. The van der Waals surface area contributed by atoms with Crippen LogP contribution in [0.15, 0.2) is 18.2 Å². The van der Waals surface area contributed by atoms with E-state index in [1.54, 1.807) is 13.1 Å². The number of carbonyl (C=O) groups is 1. The average Bonchev–Trinajstić information content (AvgIpc) is 2.22. The molecule has 1 amide bonds. The van der Waals surface area contributed by atoms with Gasteiger partial charge in [-0.2, -0.15) is 0 Å². The second-order valence-electron chi connectivity index (χ2n) is 3.70. The maximum absolute atomic E-state index is 12.8. The monoisotopic (exact) mass is 260 g/mol. The highest BCUT2D eigenvalue weighted by molar-refractivity contribution is 5.85. The van der Waals surface area contributed by atoms with Gasteiger partial charge >= 0.3 is 0 Å². The summed E-state index contributed by atoms with van der Waals surface area (Å²) in [4.78, 5) is 11.1. The van der Waals surface area contributed by atoms with Crippen LogP contribution < -0.4 is 10.6 Å². The highest BCUT2D eigenvalue weighted by Gasteiger charge is 2.01. The number of nitrogens with one attached hydrogen (secondary N) is 2. The minimum Gasteiger partial charge on any atom is -0.355 e. The molecule has 0 atom stereocenters. The number of rotatable bonds is 5. The fraction of sp³-hybridized carbons (Fsp3) is 0.417. The number of likely N-dealkylation sites (N-methyl/N-ethyl adjacent to an activating group) is 1. The molecule has 17 heavy (non-hydrogen) atoms. The van der Waals surface area contributed by atoms with Crippen LogP contribution >= 0.6 is 12.4 Å². The van der Waals surface area contributed by atoms with Crippen molar-refractivity contribution in [3.05, 3.63) is 35.1 Å². The van der Waals surface area contributed by atoms with Crippen LogP contribution in [0.2, 0.25) is 0 Å². The summed E-state index contributed by atoms with van der Waals surface area (Å²) >= 11 is 0. The Morgan fingerprint density at radius 2 is 2.12 bits per heavy atom. The zero-order chi connectivity index (χ0) is 12.0. The molecular formula is C12H18ClFN2O. The molecule has 2 N–H and O–H groups in total. The van der Waals surface area contributed by atoms with Crippen molar-refractivity contribution in [2.24, 2.45) is 0 Å². The molecule has 0 aliphatic heterocycles.